The molecule has 1 aromatic carbocycles. The molecule has 148 valence electrons. The molecule has 0 atom stereocenters. The summed E-state index contributed by atoms with van der Waals surface area (Å²) in [5.41, 5.74) is 0.973. The van der Waals surface area contributed by atoms with E-state index in [1.54, 1.807) is 24.4 Å². The lowest BCUT2D eigenvalue weighted by Crippen LogP contribution is -2.47. The molecule has 1 aliphatic rings. The Balaban J connectivity index is 1.89. The van der Waals surface area contributed by atoms with Crippen molar-refractivity contribution in [3.05, 3.63) is 42.1 Å². The second-order valence-electron chi connectivity index (χ2n) is 6.63. The van der Waals surface area contributed by atoms with Crippen LogP contribution < -0.4 is 9.80 Å². The van der Waals surface area contributed by atoms with E-state index < -0.39 is 19.7 Å². The van der Waals surface area contributed by atoms with E-state index in [1.165, 1.54) is 12.1 Å². The topological polar surface area (TPSA) is 111 Å². The number of nitrogens with zero attached hydrogens (tertiary/aromatic N) is 4. The SMILES string of the molecule is CS(=O)(=O)c1ccc(N2CCN(c3ncccc3C#N)CC2)c(S(C)(=O)=O)c1. The van der Waals surface area contributed by atoms with Crippen LogP contribution in [0.5, 0.6) is 0 Å². The molecule has 0 aliphatic carbocycles. The Morgan fingerprint density at radius 3 is 2.18 bits per heavy atom. The van der Waals surface area contributed by atoms with Crippen LogP contribution in [0.25, 0.3) is 0 Å². The summed E-state index contributed by atoms with van der Waals surface area (Å²) in [5, 5.41) is 9.25. The van der Waals surface area contributed by atoms with E-state index in [4.69, 9.17) is 0 Å². The molecule has 0 N–H and O–H groups in total. The minimum atomic E-state index is -3.62. The molecule has 1 aliphatic heterocycles. The lowest BCUT2D eigenvalue weighted by Gasteiger charge is -2.37. The van der Waals surface area contributed by atoms with Gasteiger partial charge in [0.1, 0.15) is 11.9 Å². The van der Waals surface area contributed by atoms with Crippen molar-refractivity contribution < 1.29 is 16.8 Å². The third kappa shape index (κ3) is 4.10. The molecule has 1 saturated heterocycles. The van der Waals surface area contributed by atoms with Gasteiger partial charge >= 0.3 is 0 Å². The molecule has 1 fully saturated rings. The molecular weight excluding hydrogens is 400 g/mol. The summed E-state index contributed by atoms with van der Waals surface area (Å²) in [6.45, 7) is 2.15. The lowest BCUT2D eigenvalue weighted by molar-refractivity contribution is 0.597. The van der Waals surface area contributed by atoms with Crippen molar-refractivity contribution in [3.63, 3.8) is 0 Å². The minimum absolute atomic E-state index is 0.000532. The van der Waals surface area contributed by atoms with Crippen LogP contribution in [0.3, 0.4) is 0 Å². The molecule has 0 radical (unpaired) electrons. The Labute approximate surface area is 164 Å². The van der Waals surface area contributed by atoms with Crippen LogP contribution in [0.2, 0.25) is 0 Å². The Kier molecular flexibility index (Phi) is 5.32. The summed E-state index contributed by atoms with van der Waals surface area (Å²) in [6, 6.07) is 9.74. The second-order valence-corrected chi connectivity index (χ2v) is 10.6. The Morgan fingerprint density at radius 2 is 1.61 bits per heavy atom. The van der Waals surface area contributed by atoms with Crippen molar-refractivity contribution in [2.45, 2.75) is 9.79 Å². The van der Waals surface area contributed by atoms with Gasteiger partial charge in [-0.1, -0.05) is 0 Å². The highest BCUT2D eigenvalue weighted by Gasteiger charge is 2.25. The summed E-state index contributed by atoms with van der Waals surface area (Å²) in [5.74, 6) is 0.611. The van der Waals surface area contributed by atoms with Crippen LogP contribution >= 0.6 is 0 Å². The van der Waals surface area contributed by atoms with E-state index in [1.807, 2.05) is 9.80 Å². The predicted molar refractivity (Wildman–Crippen MR) is 106 cm³/mol. The predicted octanol–water partition coefficient (Wildman–Crippen LogP) is 1.09. The molecule has 0 spiro atoms. The van der Waals surface area contributed by atoms with Gasteiger partial charge in [-0.3, -0.25) is 0 Å². The first-order valence-electron chi connectivity index (χ1n) is 8.50. The van der Waals surface area contributed by atoms with Gasteiger partial charge in [0.25, 0.3) is 0 Å². The van der Waals surface area contributed by atoms with Gasteiger partial charge in [-0.2, -0.15) is 5.26 Å². The number of benzene rings is 1. The van der Waals surface area contributed by atoms with E-state index in [2.05, 4.69) is 11.1 Å². The maximum absolute atomic E-state index is 12.3. The average Bonchev–Trinajstić information content (AvgIpc) is 2.66. The van der Waals surface area contributed by atoms with Crippen LogP contribution in [0.1, 0.15) is 5.56 Å². The first-order chi connectivity index (χ1) is 13.1. The molecule has 3 rings (SSSR count). The average molecular weight is 421 g/mol. The first kappa shape index (κ1) is 20.1. The number of hydrogen-bond acceptors (Lipinski definition) is 8. The summed E-state index contributed by atoms with van der Waals surface area (Å²) >= 11 is 0. The van der Waals surface area contributed by atoms with Crippen molar-refractivity contribution in [2.24, 2.45) is 0 Å². The normalized spacial score (nSPS) is 15.3. The number of hydrogen-bond donors (Lipinski definition) is 0. The number of pyridine rings is 1. The van der Waals surface area contributed by atoms with Crippen molar-refractivity contribution in [2.75, 3.05) is 48.5 Å². The Morgan fingerprint density at radius 1 is 0.964 bits per heavy atom. The highest BCUT2D eigenvalue weighted by atomic mass is 32.2. The molecule has 0 amide bonds. The number of piperazine rings is 1. The maximum atomic E-state index is 12.3. The zero-order valence-electron chi connectivity index (χ0n) is 15.5. The quantitative estimate of drug-likeness (QED) is 0.723. The smallest absolute Gasteiger partial charge is 0.177 e. The van der Waals surface area contributed by atoms with Crippen LogP contribution in [0.4, 0.5) is 11.5 Å². The number of sulfone groups is 2. The van der Waals surface area contributed by atoms with Gasteiger partial charge in [-0.05, 0) is 30.3 Å². The fourth-order valence-corrected chi connectivity index (χ4v) is 4.82. The van der Waals surface area contributed by atoms with Crippen LogP contribution in [-0.4, -0.2) is 60.5 Å². The number of anilines is 2. The molecular formula is C18H20N4O4S2. The standard InChI is InChI=1S/C18H20N4O4S2/c1-27(23,24)15-5-6-16(17(12-15)28(2,25)26)21-8-10-22(11-9-21)18-14(13-19)4-3-7-20-18/h3-7,12H,8-11H2,1-2H3. The molecule has 0 unspecified atom stereocenters. The number of nitriles is 1. The van der Waals surface area contributed by atoms with Crippen LogP contribution in [-0.2, 0) is 19.7 Å². The summed E-state index contributed by atoms with van der Waals surface area (Å²) in [4.78, 5) is 8.16. The summed E-state index contributed by atoms with van der Waals surface area (Å²) in [6.07, 6.45) is 3.75. The molecule has 2 aromatic rings. The van der Waals surface area contributed by atoms with Gasteiger partial charge in [0.05, 0.1) is 21.0 Å². The molecule has 8 nitrogen and oxygen atoms in total. The third-order valence-corrected chi connectivity index (χ3v) is 6.82. The Bertz CT molecular complexity index is 1150. The molecule has 0 bridgehead atoms. The van der Waals surface area contributed by atoms with E-state index >= 15 is 0 Å². The minimum Gasteiger partial charge on any atom is -0.367 e. The van der Waals surface area contributed by atoms with E-state index in [0.717, 1.165) is 12.5 Å². The van der Waals surface area contributed by atoms with E-state index in [9.17, 15) is 22.1 Å². The highest BCUT2D eigenvalue weighted by molar-refractivity contribution is 7.91. The summed E-state index contributed by atoms with van der Waals surface area (Å²) in [7, 11) is -7.13. The van der Waals surface area contributed by atoms with E-state index in [0.29, 0.717) is 43.2 Å². The van der Waals surface area contributed by atoms with Gasteiger partial charge in [-0.25, -0.2) is 21.8 Å². The van der Waals surface area contributed by atoms with Crippen molar-refractivity contribution in [1.29, 1.82) is 5.26 Å². The van der Waals surface area contributed by atoms with Gasteiger partial charge in [0.2, 0.25) is 0 Å². The lowest BCUT2D eigenvalue weighted by atomic mass is 10.2. The molecule has 28 heavy (non-hydrogen) atoms. The first-order valence-corrected chi connectivity index (χ1v) is 12.3. The fraction of sp³-hybridized carbons (Fsp3) is 0.333. The second kappa shape index (κ2) is 7.41. The monoisotopic (exact) mass is 420 g/mol. The largest absolute Gasteiger partial charge is 0.367 e. The number of aromatic nitrogens is 1. The number of rotatable bonds is 4. The zero-order chi connectivity index (χ0) is 20.5. The van der Waals surface area contributed by atoms with Gasteiger partial charge < -0.3 is 9.80 Å². The third-order valence-electron chi connectivity index (χ3n) is 4.59. The fourth-order valence-electron chi connectivity index (χ4n) is 3.18. The summed E-state index contributed by atoms with van der Waals surface area (Å²) < 4.78 is 48.2. The van der Waals surface area contributed by atoms with Crippen molar-refractivity contribution in [1.82, 2.24) is 4.98 Å². The maximum Gasteiger partial charge on any atom is 0.177 e. The molecule has 1 aromatic heterocycles. The Hall–Kier alpha value is -2.64. The van der Waals surface area contributed by atoms with Crippen molar-refractivity contribution in [3.8, 4) is 6.07 Å². The van der Waals surface area contributed by atoms with Crippen LogP contribution in [0.15, 0.2) is 46.3 Å². The van der Waals surface area contributed by atoms with E-state index in [-0.39, 0.29) is 9.79 Å². The van der Waals surface area contributed by atoms with Crippen molar-refractivity contribution >= 4 is 31.2 Å². The molecule has 10 heteroatoms. The van der Waals surface area contributed by atoms with Crippen LogP contribution in [0, 0.1) is 11.3 Å². The molecule has 0 saturated carbocycles. The molecule has 2 heterocycles. The van der Waals surface area contributed by atoms with Gasteiger partial charge in [0.15, 0.2) is 19.7 Å². The zero-order valence-corrected chi connectivity index (χ0v) is 17.2. The van der Waals surface area contributed by atoms with Gasteiger partial charge in [0, 0.05) is 44.9 Å². The van der Waals surface area contributed by atoms with Gasteiger partial charge in [-0.15, -0.1) is 0 Å². The highest BCUT2D eigenvalue weighted by Crippen LogP contribution is 2.30.